The highest BCUT2D eigenvalue weighted by molar-refractivity contribution is 7.92. The number of nitrogens with zero attached hydrogens (tertiary/aromatic N) is 2. The van der Waals surface area contributed by atoms with Crippen molar-refractivity contribution in [3.63, 3.8) is 0 Å². The summed E-state index contributed by atoms with van der Waals surface area (Å²) in [6.45, 7) is 0. The minimum atomic E-state index is -3.83. The van der Waals surface area contributed by atoms with Crippen molar-refractivity contribution in [2.45, 2.75) is 4.90 Å². The van der Waals surface area contributed by atoms with Gasteiger partial charge in [-0.15, -0.1) is 0 Å². The normalized spacial score (nSPS) is 11.1. The van der Waals surface area contributed by atoms with Crippen molar-refractivity contribution in [1.82, 2.24) is 9.97 Å². The minimum Gasteiger partial charge on any atom is -0.307 e. The van der Waals surface area contributed by atoms with Gasteiger partial charge in [0.05, 0.1) is 5.02 Å². The largest absolute Gasteiger partial charge is 0.307 e. The molecule has 0 spiro atoms. The summed E-state index contributed by atoms with van der Waals surface area (Å²) in [5.74, 6) is 5.42. The van der Waals surface area contributed by atoms with Gasteiger partial charge in [0.2, 0.25) is 0 Å². The van der Waals surface area contributed by atoms with Crippen LogP contribution in [0, 0.1) is 0 Å². The standard InChI is InChI=1S/C10H10ClN5O2S/c11-7-3-4-9(14-6-7)16-19(17,18)8-2-1-5-13-10(8)15-12/h1-6H,12H2,(H,13,15)(H,14,16). The number of anilines is 2. The zero-order valence-electron chi connectivity index (χ0n) is 9.54. The van der Waals surface area contributed by atoms with Gasteiger partial charge in [0.25, 0.3) is 10.0 Å². The molecule has 2 rings (SSSR count). The Kier molecular flexibility index (Phi) is 3.84. The lowest BCUT2D eigenvalue weighted by atomic mass is 10.5. The second-order valence-corrected chi connectivity index (χ2v) is 5.55. The number of hydrogen-bond donors (Lipinski definition) is 3. The molecule has 19 heavy (non-hydrogen) atoms. The van der Waals surface area contributed by atoms with Gasteiger partial charge in [-0.2, -0.15) is 0 Å². The third-order valence-corrected chi connectivity index (χ3v) is 3.77. The van der Waals surface area contributed by atoms with Crippen LogP contribution in [0.2, 0.25) is 5.02 Å². The van der Waals surface area contributed by atoms with E-state index in [9.17, 15) is 8.42 Å². The number of nitrogens with two attached hydrogens (primary N) is 1. The first-order chi connectivity index (χ1) is 9.03. The van der Waals surface area contributed by atoms with E-state index < -0.39 is 10.0 Å². The van der Waals surface area contributed by atoms with Gasteiger partial charge >= 0.3 is 0 Å². The maximum absolute atomic E-state index is 12.1. The van der Waals surface area contributed by atoms with Crippen LogP contribution in [0.3, 0.4) is 0 Å². The van der Waals surface area contributed by atoms with Crippen molar-refractivity contribution < 1.29 is 8.42 Å². The molecule has 2 heterocycles. The fourth-order valence-electron chi connectivity index (χ4n) is 1.34. The Labute approximate surface area is 114 Å². The molecule has 0 atom stereocenters. The van der Waals surface area contributed by atoms with Crippen molar-refractivity contribution in [2.75, 3.05) is 10.1 Å². The third kappa shape index (κ3) is 3.11. The molecule has 0 saturated heterocycles. The summed E-state index contributed by atoms with van der Waals surface area (Å²) in [5.41, 5.74) is 2.22. The van der Waals surface area contributed by atoms with Crippen molar-refractivity contribution in [3.05, 3.63) is 41.7 Å². The minimum absolute atomic E-state index is 0.0453. The Morgan fingerprint density at radius 1 is 1.21 bits per heavy atom. The first-order valence-electron chi connectivity index (χ1n) is 5.09. The number of aromatic nitrogens is 2. The number of nitrogen functional groups attached to an aromatic ring is 1. The van der Waals surface area contributed by atoms with E-state index in [1.165, 1.54) is 36.7 Å². The molecular formula is C10H10ClN5O2S. The monoisotopic (exact) mass is 299 g/mol. The van der Waals surface area contributed by atoms with Gasteiger partial charge in [0.1, 0.15) is 10.7 Å². The molecule has 9 heteroatoms. The quantitative estimate of drug-likeness (QED) is 0.578. The Morgan fingerprint density at radius 2 is 2.00 bits per heavy atom. The van der Waals surface area contributed by atoms with Crippen molar-refractivity contribution in [1.29, 1.82) is 0 Å². The summed E-state index contributed by atoms with van der Waals surface area (Å²) < 4.78 is 26.6. The molecule has 2 aromatic heterocycles. The first-order valence-corrected chi connectivity index (χ1v) is 6.95. The number of rotatable bonds is 4. The molecule has 0 aromatic carbocycles. The lowest BCUT2D eigenvalue weighted by Crippen LogP contribution is -2.18. The fourth-order valence-corrected chi connectivity index (χ4v) is 2.59. The highest BCUT2D eigenvalue weighted by Gasteiger charge is 2.19. The molecule has 0 aliphatic rings. The summed E-state index contributed by atoms with van der Waals surface area (Å²) >= 11 is 5.67. The lowest BCUT2D eigenvalue weighted by Gasteiger charge is -2.10. The van der Waals surface area contributed by atoms with E-state index in [0.717, 1.165) is 0 Å². The number of nitrogens with one attached hydrogen (secondary N) is 2. The van der Waals surface area contributed by atoms with Crippen LogP contribution in [0.5, 0.6) is 0 Å². The highest BCUT2D eigenvalue weighted by Crippen LogP contribution is 2.20. The Bertz CT molecular complexity index is 675. The van der Waals surface area contributed by atoms with Crippen LogP contribution < -0.4 is 16.0 Å². The van der Waals surface area contributed by atoms with Gasteiger partial charge in [-0.25, -0.2) is 24.2 Å². The molecule has 0 fully saturated rings. The molecule has 0 bridgehead atoms. The molecule has 0 unspecified atom stereocenters. The summed E-state index contributed by atoms with van der Waals surface area (Å²) in [6, 6.07) is 5.84. The maximum atomic E-state index is 12.1. The van der Waals surface area contributed by atoms with E-state index in [2.05, 4.69) is 20.1 Å². The van der Waals surface area contributed by atoms with Gasteiger partial charge in [-0.1, -0.05) is 11.6 Å². The number of pyridine rings is 2. The van der Waals surface area contributed by atoms with Crippen molar-refractivity contribution >= 4 is 33.3 Å². The summed E-state index contributed by atoms with van der Waals surface area (Å²) in [5, 5.41) is 0.411. The molecule has 7 nitrogen and oxygen atoms in total. The molecule has 100 valence electrons. The van der Waals surface area contributed by atoms with Gasteiger partial charge in [0, 0.05) is 12.4 Å². The fraction of sp³-hybridized carbons (Fsp3) is 0. The predicted molar refractivity (Wildman–Crippen MR) is 72.1 cm³/mol. The molecule has 4 N–H and O–H groups in total. The van der Waals surface area contributed by atoms with Crippen LogP contribution in [0.1, 0.15) is 0 Å². The van der Waals surface area contributed by atoms with E-state index in [-0.39, 0.29) is 16.5 Å². The van der Waals surface area contributed by atoms with E-state index in [0.29, 0.717) is 5.02 Å². The first kappa shape index (κ1) is 13.5. The smallest absolute Gasteiger partial charge is 0.266 e. The molecular weight excluding hydrogens is 290 g/mol. The van der Waals surface area contributed by atoms with Gasteiger partial charge in [0.15, 0.2) is 5.82 Å². The van der Waals surface area contributed by atoms with Crippen LogP contribution in [0.15, 0.2) is 41.6 Å². The molecule has 0 radical (unpaired) electrons. The Morgan fingerprint density at radius 3 is 2.63 bits per heavy atom. The van der Waals surface area contributed by atoms with Gasteiger partial charge < -0.3 is 5.43 Å². The Balaban J connectivity index is 2.35. The molecule has 0 saturated carbocycles. The molecule has 0 amide bonds. The summed E-state index contributed by atoms with van der Waals surface area (Å²) in [6.07, 6.45) is 2.76. The van der Waals surface area contributed by atoms with Crippen LogP contribution in [0.4, 0.5) is 11.6 Å². The molecule has 0 aliphatic heterocycles. The number of hydrogen-bond acceptors (Lipinski definition) is 6. The average molecular weight is 300 g/mol. The van der Waals surface area contributed by atoms with E-state index >= 15 is 0 Å². The third-order valence-electron chi connectivity index (χ3n) is 2.16. The number of sulfonamides is 1. The van der Waals surface area contributed by atoms with E-state index in [1.54, 1.807) is 0 Å². The van der Waals surface area contributed by atoms with Crippen LogP contribution in [-0.2, 0) is 10.0 Å². The Hall–Kier alpha value is -1.90. The number of halogens is 1. The van der Waals surface area contributed by atoms with E-state index in [4.69, 9.17) is 17.4 Å². The zero-order valence-corrected chi connectivity index (χ0v) is 11.1. The average Bonchev–Trinajstić information content (AvgIpc) is 2.41. The predicted octanol–water partition coefficient (Wildman–Crippen LogP) is 1.22. The van der Waals surface area contributed by atoms with Crippen molar-refractivity contribution in [2.24, 2.45) is 5.84 Å². The summed E-state index contributed by atoms with van der Waals surface area (Å²) in [4.78, 5) is 7.60. The highest BCUT2D eigenvalue weighted by atomic mass is 35.5. The van der Waals surface area contributed by atoms with Gasteiger partial charge in [-0.3, -0.25) is 4.72 Å². The van der Waals surface area contributed by atoms with Crippen LogP contribution in [-0.4, -0.2) is 18.4 Å². The second kappa shape index (κ2) is 5.39. The lowest BCUT2D eigenvalue weighted by molar-refractivity contribution is 0.601. The molecule has 0 aliphatic carbocycles. The zero-order chi connectivity index (χ0) is 13.9. The van der Waals surface area contributed by atoms with E-state index in [1.807, 2.05) is 0 Å². The number of hydrazine groups is 1. The SMILES string of the molecule is NNc1ncccc1S(=O)(=O)Nc1ccc(Cl)cn1. The second-order valence-electron chi connectivity index (χ2n) is 3.46. The van der Waals surface area contributed by atoms with Crippen LogP contribution in [0.25, 0.3) is 0 Å². The maximum Gasteiger partial charge on any atom is 0.266 e. The van der Waals surface area contributed by atoms with Gasteiger partial charge in [-0.05, 0) is 24.3 Å². The summed E-state index contributed by atoms with van der Waals surface area (Å²) in [7, 11) is -3.83. The van der Waals surface area contributed by atoms with Crippen LogP contribution >= 0.6 is 11.6 Å². The molecule has 2 aromatic rings. The van der Waals surface area contributed by atoms with Crippen molar-refractivity contribution in [3.8, 4) is 0 Å². The topological polar surface area (TPSA) is 110 Å².